The normalized spacial score (nSPS) is 12.2. The third kappa shape index (κ3) is 2.47. The summed E-state index contributed by atoms with van der Waals surface area (Å²) in [6, 6.07) is 4.31. The van der Waals surface area contributed by atoms with Gasteiger partial charge in [0, 0.05) is 6.04 Å². The van der Waals surface area contributed by atoms with Crippen molar-refractivity contribution in [2.45, 2.75) is 13.0 Å². The summed E-state index contributed by atoms with van der Waals surface area (Å²) in [5, 5.41) is 3.02. The SMILES string of the molecule is C=CC(C)Nc1cc(F)ccc1N. The summed E-state index contributed by atoms with van der Waals surface area (Å²) in [7, 11) is 0. The van der Waals surface area contributed by atoms with Crippen LogP contribution in [0.5, 0.6) is 0 Å². The van der Waals surface area contributed by atoms with Crippen LogP contribution < -0.4 is 11.1 Å². The zero-order chi connectivity index (χ0) is 9.84. The van der Waals surface area contributed by atoms with Gasteiger partial charge in [0.1, 0.15) is 5.82 Å². The van der Waals surface area contributed by atoms with Crippen LogP contribution in [0.25, 0.3) is 0 Å². The summed E-state index contributed by atoms with van der Waals surface area (Å²) in [4.78, 5) is 0. The highest BCUT2D eigenvalue weighted by molar-refractivity contribution is 5.66. The molecule has 0 spiro atoms. The van der Waals surface area contributed by atoms with Gasteiger partial charge < -0.3 is 11.1 Å². The van der Waals surface area contributed by atoms with Crippen LogP contribution in [0, 0.1) is 5.82 Å². The van der Waals surface area contributed by atoms with Gasteiger partial charge in [-0.05, 0) is 25.1 Å². The van der Waals surface area contributed by atoms with Crippen molar-refractivity contribution in [1.82, 2.24) is 0 Å². The van der Waals surface area contributed by atoms with E-state index in [-0.39, 0.29) is 11.9 Å². The maximum absolute atomic E-state index is 12.8. The number of nitrogens with one attached hydrogen (secondary N) is 1. The quantitative estimate of drug-likeness (QED) is 0.553. The fraction of sp³-hybridized carbons (Fsp3) is 0.200. The minimum atomic E-state index is -0.298. The van der Waals surface area contributed by atoms with Gasteiger partial charge in [0.05, 0.1) is 11.4 Å². The van der Waals surface area contributed by atoms with Crippen molar-refractivity contribution in [1.29, 1.82) is 0 Å². The topological polar surface area (TPSA) is 38.0 Å². The molecule has 0 aliphatic carbocycles. The maximum atomic E-state index is 12.8. The second-order valence-electron chi connectivity index (χ2n) is 2.90. The van der Waals surface area contributed by atoms with Gasteiger partial charge in [-0.3, -0.25) is 0 Å². The van der Waals surface area contributed by atoms with E-state index in [1.165, 1.54) is 18.2 Å². The van der Waals surface area contributed by atoms with Gasteiger partial charge in [-0.25, -0.2) is 4.39 Å². The van der Waals surface area contributed by atoms with E-state index in [4.69, 9.17) is 5.73 Å². The standard InChI is InChI=1S/C10H13FN2/c1-3-7(2)13-10-6-8(11)4-5-9(10)12/h3-7,13H,1,12H2,2H3. The summed E-state index contributed by atoms with van der Waals surface area (Å²) in [6.07, 6.45) is 1.73. The summed E-state index contributed by atoms with van der Waals surface area (Å²) in [5.41, 5.74) is 6.77. The van der Waals surface area contributed by atoms with Gasteiger partial charge in [-0.1, -0.05) is 6.08 Å². The first kappa shape index (κ1) is 9.58. The second kappa shape index (κ2) is 3.94. The molecule has 70 valence electrons. The Morgan fingerprint density at radius 1 is 1.62 bits per heavy atom. The minimum absolute atomic E-state index is 0.0732. The molecule has 0 fully saturated rings. The lowest BCUT2D eigenvalue weighted by molar-refractivity contribution is 0.628. The molecular weight excluding hydrogens is 167 g/mol. The van der Waals surface area contributed by atoms with E-state index in [0.717, 1.165) is 0 Å². The van der Waals surface area contributed by atoms with Gasteiger partial charge in [0.15, 0.2) is 0 Å². The summed E-state index contributed by atoms with van der Waals surface area (Å²) in [6.45, 7) is 5.53. The van der Waals surface area contributed by atoms with E-state index in [9.17, 15) is 4.39 Å². The lowest BCUT2D eigenvalue weighted by Gasteiger charge is -2.12. The maximum Gasteiger partial charge on any atom is 0.125 e. The van der Waals surface area contributed by atoms with Gasteiger partial charge in [-0.15, -0.1) is 6.58 Å². The van der Waals surface area contributed by atoms with Crippen molar-refractivity contribution in [3.63, 3.8) is 0 Å². The molecule has 0 bridgehead atoms. The van der Waals surface area contributed by atoms with Crippen LogP contribution in [-0.2, 0) is 0 Å². The van der Waals surface area contributed by atoms with Crippen molar-refractivity contribution in [2.24, 2.45) is 0 Å². The molecule has 3 heteroatoms. The van der Waals surface area contributed by atoms with Gasteiger partial charge in [0.25, 0.3) is 0 Å². The molecule has 1 unspecified atom stereocenters. The zero-order valence-electron chi connectivity index (χ0n) is 7.55. The zero-order valence-corrected chi connectivity index (χ0v) is 7.55. The molecule has 0 radical (unpaired) electrons. The molecule has 1 rings (SSSR count). The summed E-state index contributed by atoms with van der Waals surface area (Å²) in [5.74, 6) is -0.298. The van der Waals surface area contributed by atoms with Crippen LogP contribution in [0.2, 0.25) is 0 Å². The Hall–Kier alpha value is -1.51. The Morgan fingerprint density at radius 3 is 2.92 bits per heavy atom. The molecule has 0 amide bonds. The first-order valence-corrected chi connectivity index (χ1v) is 4.07. The minimum Gasteiger partial charge on any atom is -0.397 e. The fourth-order valence-corrected chi connectivity index (χ4v) is 0.958. The Balaban J connectivity index is 2.86. The Kier molecular flexibility index (Phi) is 2.90. The molecule has 2 nitrogen and oxygen atoms in total. The van der Waals surface area contributed by atoms with Gasteiger partial charge in [-0.2, -0.15) is 0 Å². The average molecular weight is 180 g/mol. The third-order valence-electron chi connectivity index (χ3n) is 1.75. The van der Waals surface area contributed by atoms with Crippen LogP contribution in [-0.4, -0.2) is 6.04 Å². The highest BCUT2D eigenvalue weighted by atomic mass is 19.1. The van der Waals surface area contributed by atoms with E-state index in [0.29, 0.717) is 11.4 Å². The largest absolute Gasteiger partial charge is 0.397 e. The molecule has 13 heavy (non-hydrogen) atoms. The molecule has 0 saturated heterocycles. The second-order valence-corrected chi connectivity index (χ2v) is 2.90. The van der Waals surface area contributed by atoms with Crippen LogP contribution >= 0.6 is 0 Å². The summed E-state index contributed by atoms with van der Waals surface area (Å²) < 4.78 is 12.8. The molecule has 0 heterocycles. The van der Waals surface area contributed by atoms with Crippen LogP contribution in [0.3, 0.4) is 0 Å². The summed E-state index contributed by atoms with van der Waals surface area (Å²) >= 11 is 0. The lowest BCUT2D eigenvalue weighted by Crippen LogP contribution is -2.12. The predicted octanol–water partition coefficient (Wildman–Crippen LogP) is 2.39. The molecule has 0 aliphatic rings. The Bertz CT molecular complexity index is 310. The Morgan fingerprint density at radius 2 is 2.31 bits per heavy atom. The number of hydrogen-bond acceptors (Lipinski definition) is 2. The first-order chi connectivity index (χ1) is 6.13. The molecule has 3 N–H and O–H groups in total. The van der Waals surface area contributed by atoms with Crippen molar-refractivity contribution in [3.05, 3.63) is 36.7 Å². The Labute approximate surface area is 77.3 Å². The van der Waals surface area contributed by atoms with Crippen molar-refractivity contribution in [2.75, 3.05) is 11.1 Å². The molecule has 0 saturated carbocycles. The highest BCUT2D eigenvalue weighted by Crippen LogP contribution is 2.19. The molecule has 0 aliphatic heterocycles. The first-order valence-electron chi connectivity index (χ1n) is 4.07. The number of nitrogen functional groups attached to an aromatic ring is 1. The van der Waals surface area contributed by atoms with Crippen molar-refractivity contribution < 1.29 is 4.39 Å². The fourth-order valence-electron chi connectivity index (χ4n) is 0.958. The number of nitrogens with two attached hydrogens (primary N) is 1. The van der Waals surface area contributed by atoms with Gasteiger partial charge in [0.2, 0.25) is 0 Å². The number of hydrogen-bond donors (Lipinski definition) is 2. The molecule has 1 atom stereocenters. The van der Waals surface area contributed by atoms with E-state index in [2.05, 4.69) is 11.9 Å². The third-order valence-corrected chi connectivity index (χ3v) is 1.75. The number of anilines is 2. The van der Waals surface area contributed by atoms with Crippen molar-refractivity contribution >= 4 is 11.4 Å². The monoisotopic (exact) mass is 180 g/mol. The molecule has 1 aromatic carbocycles. The van der Waals surface area contributed by atoms with E-state index in [1.807, 2.05) is 6.92 Å². The van der Waals surface area contributed by atoms with Gasteiger partial charge >= 0.3 is 0 Å². The van der Waals surface area contributed by atoms with Crippen LogP contribution in [0.4, 0.5) is 15.8 Å². The number of halogens is 1. The molecule has 0 aromatic heterocycles. The predicted molar refractivity (Wildman–Crippen MR) is 54.1 cm³/mol. The lowest BCUT2D eigenvalue weighted by atomic mass is 10.2. The smallest absolute Gasteiger partial charge is 0.125 e. The van der Waals surface area contributed by atoms with E-state index in [1.54, 1.807) is 6.08 Å². The molecule has 1 aromatic rings. The molecular formula is C10H13FN2. The van der Waals surface area contributed by atoms with E-state index < -0.39 is 0 Å². The van der Waals surface area contributed by atoms with E-state index >= 15 is 0 Å². The average Bonchev–Trinajstić information content (AvgIpc) is 2.11. The van der Waals surface area contributed by atoms with Crippen LogP contribution in [0.15, 0.2) is 30.9 Å². The highest BCUT2D eigenvalue weighted by Gasteiger charge is 2.02. The van der Waals surface area contributed by atoms with Crippen molar-refractivity contribution in [3.8, 4) is 0 Å². The number of benzene rings is 1. The number of rotatable bonds is 3. The van der Waals surface area contributed by atoms with Crippen LogP contribution in [0.1, 0.15) is 6.92 Å².